The van der Waals surface area contributed by atoms with Crippen molar-refractivity contribution < 1.29 is 8.42 Å². The Labute approximate surface area is 133 Å². The summed E-state index contributed by atoms with van der Waals surface area (Å²) in [5.74, 6) is 0.0267. The second kappa shape index (κ2) is 6.87. The van der Waals surface area contributed by atoms with Gasteiger partial charge in [0.25, 0.3) is 10.0 Å². The minimum absolute atomic E-state index is 0.0267. The second-order valence-electron chi connectivity index (χ2n) is 4.53. The fraction of sp³-hybridized carbons (Fsp3) is 0.133. The molecule has 0 aromatic heterocycles. The van der Waals surface area contributed by atoms with Crippen LogP contribution in [0.1, 0.15) is 18.4 Å². The monoisotopic (exact) mass is 366 g/mol. The van der Waals surface area contributed by atoms with Crippen LogP contribution < -0.4 is 4.83 Å². The first-order chi connectivity index (χ1) is 9.99. The van der Waals surface area contributed by atoms with Crippen LogP contribution in [0.25, 0.3) is 0 Å². The highest BCUT2D eigenvalue weighted by Gasteiger charge is 2.12. The van der Waals surface area contributed by atoms with E-state index in [0.717, 1.165) is 10.0 Å². The normalized spacial score (nSPS) is 13.2. The van der Waals surface area contributed by atoms with Crippen molar-refractivity contribution in [1.82, 2.24) is 4.83 Å². The molecule has 0 aliphatic rings. The van der Waals surface area contributed by atoms with Crippen LogP contribution in [0.3, 0.4) is 0 Å². The molecule has 2 aromatic rings. The molecule has 0 saturated carbocycles. The van der Waals surface area contributed by atoms with Crippen molar-refractivity contribution in [3.05, 3.63) is 64.6 Å². The van der Waals surface area contributed by atoms with E-state index in [1.54, 1.807) is 18.3 Å². The standard InChI is InChI=1S/C15H15BrN2O2S/c1-12(13-5-3-2-4-6-13)11-17-18-21(19,20)15-9-7-14(16)8-10-15/h2-12,18H,1H3/b17-11-/t12-/m1/s1. The van der Waals surface area contributed by atoms with Gasteiger partial charge in [0, 0.05) is 16.6 Å². The quantitative estimate of drug-likeness (QED) is 0.649. The fourth-order valence-corrected chi connectivity index (χ4v) is 2.78. The van der Waals surface area contributed by atoms with Crippen LogP contribution in [0.15, 0.2) is 69.1 Å². The lowest BCUT2D eigenvalue weighted by Gasteiger charge is -2.06. The summed E-state index contributed by atoms with van der Waals surface area (Å²) < 4.78 is 24.9. The van der Waals surface area contributed by atoms with Crippen LogP contribution in [0, 0.1) is 0 Å². The van der Waals surface area contributed by atoms with Crippen LogP contribution >= 0.6 is 15.9 Å². The van der Waals surface area contributed by atoms with E-state index in [1.165, 1.54) is 12.1 Å². The Bertz CT molecular complexity index is 713. The summed E-state index contributed by atoms with van der Waals surface area (Å²) in [6, 6.07) is 16.1. The van der Waals surface area contributed by atoms with Crippen molar-refractivity contribution in [3.63, 3.8) is 0 Å². The van der Waals surface area contributed by atoms with Gasteiger partial charge in [0.05, 0.1) is 4.90 Å². The molecule has 6 heteroatoms. The van der Waals surface area contributed by atoms with Gasteiger partial charge < -0.3 is 0 Å². The van der Waals surface area contributed by atoms with E-state index in [9.17, 15) is 8.42 Å². The number of hydrazone groups is 1. The van der Waals surface area contributed by atoms with Gasteiger partial charge >= 0.3 is 0 Å². The average Bonchev–Trinajstić information content (AvgIpc) is 2.48. The Balaban J connectivity index is 2.05. The zero-order valence-electron chi connectivity index (χ0n) is 11.4. The van der Waals surface area contributed by atoms with E-state index < -0.39 is 10.0 Å². The summed E-state index contributed by atoms with van der Waals surface area (Å²) >= 11 is 3.26. The average molecular weight is 367 g/mol. The van der Waals surface area contributed by atoms with E-state index in [2.05, 4.69) is 25.9 Å². The first-order valence-electron chi connectivity index (χ1n) is 6.34. The lowest BCUT2D eigenvalue weighted by molar-refractivity contribution is 0.584. The van der Waals surface area contributed by atoms with Crippen molar-refractivity contribution in [2.24, 2.45) is 5.10 Å². The van der Waals surface area contributed by atoms with Gasteiger partial charge in [-0.15, -0.1) is 0 Å². The molecule has 0 spiro atoms. The van der Waals surface area contributed by atoms with Crippen molar-refractivity contribution in [3.8, 4) is 0 Å². The summed E-state index contributed by atoms with van der Waals surface area (Å²) in [5, 5.41) is 3.84. The highest BCUT2D eigenvalue weighted by atomic mass is 79.9. The molecule has 0 bridgehead atoms. The lowest BCUT2D eigenvalue weighted by atomic mass is 10.0. The molecular formula is C15H15BrN2O2S. The maximum absolute atomic E-state index is 12.0. The third-order valence-electron chi connectivity index (χ3n) is 2.92. The largest absolute Gasteiger partial charge is 0.276 e. The molecule has 0 saturated heterocycles. The van der Waals surface area contributed by atoms with Crippen LogP contribution in [-0.2, 0) is 10.0 Å². The summed E-state index contributed by atoms with van der Waals surface area (Å²) in [6.07, 6.45) is 1.58. The Kier molecular flexibility index (Phi) is 5.14. The number of benzene rings is 2. The van der Waals surface area contributed by atoms with E-state index in [-0.39, 0.29) is 10.8 Å². The first-order valence-corrected chi connectivity index (χ1v) is 8.62. The first kappa shape index (κ1) is 15.7. The Hall–Kier alpha value is -1.66. The number of rotatable bonds is 5. The van der Waals surface area contributed by atoms with Gasteiger partial charge in [0.1, 0.15) is 0 Å². The molecule has 0 unspecified atom stereocenters. The van der Waals surface area contributed by atoms with Gasteiger partial charge in [-0.2, -0.15) is 13.5 Å². The van der Waals surface area contributed by atoms with E-state index in [0.29, 0.717) is 0 Å². The number of hydrogen-bond acceptors (Lipinski definition) is 3. The fourth-order valence-electron chi connectivity index (χ4n) is 1.72. The number of nitrogens with zero attached hydrogens (tertiary/aromatic N) is 1. The van der Waals surface area contributed by atoms with Gasteiger partial charge in [-0.05, 0) is 29.8 Å². The Morgan fingerprint density at radius 1 is 1.10 bits per heavy atom. The molecule has 2 rings (SSSR count). The molecule has 4 nitrogen and oxygen atoms in total. The molecule has 0 fully saturated rings. The molecule has 2 aromatic carbocycles. The van der Waals surface area contributed by atoms with Crippen molar-refractivity contribution in [2.75, 3.05) is 0 Å². The molecule has 0 heterocycles. The SMILES string of the molecule is C[C@H](/C=N\NS(=O)(=O)c1ccc(Br)cc1)c1ccccc1. The highest BCUT2D eigenvalue weighted by molar-refractivity contribution is 9.10. The van der Waals surface area contributed by atoms with E-state index in [1.807, 2.05) is 37.3 Å². The van der Waals surface area contributed by atoms with Gasteiger partial charge in [0.2, 0.25) is 0 Å². The molecule has 21 heavy (non-hydrogen) atoms. The molecule has 1 atom stereocenters. The lowest BCUT2D eigenvalue weighted by Crippen LogP contribution is -2.18. The topological polar surface area (TPSA) is 58.5 Å². The zero-order valence-corrected chi connectivity index (χ0v) is 13.8. The van der Waals surface area contributed by atoms with Crippen LogP contribution in [0.5, 0.6) is 0 Å². The van der Waals surface area contributed by atoms with Gasteiger partial charge in [0.15, 0.2) is 0 Å². The maximum Gasteiger partial charge on any atom is 0.276 e. The predicted octanol–water partition coefficient (Wildman–Crippen LogP) is 3.52. The van der Waals surface area contributed by atoms with E-state index >= 15 is 0 Å². The third kappa shape index (κ3) is 4.41. The summed E-state index contributed by atoms with van der Waals surface area (Å²) in [5.41, 5.74) is 1.07. The summed E-state index contributed by atoms with van der Waals surface area (Å²) in [7, 11) is -3.62. The highest BCUT2D eigenvalue weighted by Crippen LogP contribution is 2.15. The van der Waals surface area contributed by atoms with Crippen LogP contribution in [0.2, 0.25) is 0 Å². The molecule has 0 aliphatic heterocycles. The molecular weight excluding hydrogens is 352 g/mol. The smallest absolute Gasteiger partial charge is 0.200 e. The maximum atomic E-state index is 12.0. The molecule has 0 amide bonds. The number of sulfonamides is 1. The van der Waals surface area contributed by atoms with Gasteiger partial charge in [-0.1, -0.05) is 53.2 Å². The molecule has 110 valence electrons. The molecule has 0 radical (unpaired) electrons. The number of nitrogens with one attached hydrogen (secondary N) is 1. The molecule has 0 aliphatic carbocycles. The summed E-state index contributed by atoms with van der Waals surface area (Å²) in [4.78, 5) is 2.40. The third-order valence-corrected chi connectivity index (χ3v) is 4.69. The van der Waals surface area contributed by atoms with Crippen LogP contribution in [0.4, 0.5) is 0 Å². The zero-order chi connectivity index (χ0) is 15.3. The summed E-state index contributed by atoms with van der Waals surface area (Å²) in [6.45, 7) is 1.95. The molecule has 1 N–H and O–H groups in total. The Morgan fingerprint density at radius 3 is 2.33 bits per heavy atom. The van der Waals surface area contributed by atoms with Crippen LogP contribution in [-0.4, -0.2) is 14.6 Å². The van der Waals surface area contributed by atoms with Gasteiger partial charge in [-0.25, -0.2) is 4.83 Å². The van der Waals surface area contributed by atoms with E-state index in [4.69, 9.17) is 0 Å². The van der Waals surface area contributed by atoms with Gasteiger partial charge in [-0.3, -0.25) is 0 Å². The minimum atomic E-state index is -3.62. The second-order valence-corrected chi connectivity index (χ2v) is 7.10. The minimum Gasteiger partial charge on any atom is -0.200 e. The number of halogens is 1. The van der Waals surface area contributed by atoms with Crippen molar-refractivity contribution >= 4 is 32.2 Å². The number of hydrogen-bond donors (Lipinski definition) is 1. The predicted molar refractivity (Wildman–Crippen MR) is 87.8 cm³/mol. The van der Waals surface area contributed by atoms with Crippen molar-refractivity contribution in [2.45, 2.75) is 17.7 Å². The van der Waals surface area contributed by atoms with Crippen molar-refractivity contribution in [1.29, 1.82) is 0 Å². The Morgan fingerprint density at radius 2 is 1.71 bits per heavy atom.